The zero-order valence-corrected chi connectivity index (χ0v) is 18.8. The molecule has 0 aliphatic carbocycles. The Bertz CT molecular complexity index is 1070. The molecule has 4 rings (SSSR count). The predicted octanol–water partition coefficient (Wildman–Crippen LogP) is 5.26. The Balaban J connectivity index is 1.86. The molecule has 30 heavy (non-hydrogen) atoms. The van der Waals surface area contributed by atoms with Crippen LogP contribution in [0.5, 0.6) is 11.5 Å². The molecule has 1 aromatic heterocycles. The van der Waals surface area contributed by atoms with E-state index in [1.54, 1.807) is 25.6 Å². The number of benzene rings is 2. The van der Waals surface area contributed by atoms with Gasteiger partial charge in [0.15, 0.2) is 4.80 Å². The van der Waals surface area contributed by atoms with Crippen molar-refractivity contribution >= 4 is 17.0 Å². The van der Waals surface area contributed by atoms with Crippen LogP contribution in [-0.4, -0.2) is 31.5 Å². The van der Waals surface area contributed by atoms with Crippen LogP contribution in [0.1, 0.15) is 24.0 Å². The quantitative estimate of drug-likeness (QED) is 0.542. The first-order valence-electron chi connectivity index (χ1n) is 10.2. The van der Waals surface area contributed by atoms with Crippen molar-refractivity contribution in [2.75, 3.05) is 20.8 Å². The number of methoxy groups -OCH3 is 2. The maximum Gasteiger partial charge on any atom is 0.190 e. The minimum absolute atomic E-state index is 0.202. The summed E-state index contributed by atoms with van der Waals surface area (Å²) in [6.07, 6.45) is 2.38. The molecule has 158 valence electrons. The van der Waals surface area contributed by atoms with Gasteiger partial charge in [-0.2, -0.15) is 0 Å². The molecule has 2 aromatic carbocycles. The highest BCUT2D eigenvalue weighted by molar-refractivity contribution is 7.07. The lowest BCUT2D eigenvalue weighted by Gasteiger charge is -2.16. The van der Waals surface area contributed by atoms with Crippen molar-refractivity contribution in [2.45, 2.75) is 39.3 Å². The monoisotopic (exact) mass is 424 g/mol. The van der Waals surface area contributed by atoms with Crippen LogP contribution in [0.4, 0.5) is 5.69 Å². The third kappa shape index (κ3) is 4.45. The van der Waals surface area contributed by atoms with Crippen LogP contribution in [0.15, 0.2) is 46.8 Å². The van der Waals surface area contributed by atoms with Gasteiger partial charge in [-0.05, 0) is 68.1 Å². The summed E-state index contributed by atoms with van der Waals surface area (Å²) in [5.74, 6) is 1.61. The summed E-state index contributed by atoms with van der Waals surface area (Å²) < 4.78 is 19.3. The van der Waals surface area contributed by atoms with E-state index in [-0.39, 0.29) is 6.10 Å². The zero-order valence-electron chi connectivity index (χ0n) is 18.0. The van der Waals surface area contributed by atoms with Gasteiger partial charge in [-0.3, -0.25) is 0 Å². The molecule has 1 saturated heterocycles. The van der Waals surface area contributed by atoms with Gasteiger partial charge in [-0.15, -0.1) is 11.3 Å². The van der Waals surface area contributed by atoms with E-state index in [1.807, 2.05) is 18.2 Å². The summed E-state index contributed by atoms with van der Waals surface area (Å²) >= 11 is 1.64. The van der Waals surface area contributed by atoms with Gasteiger partial charge in [-0.1, -0.05) is 6.07 Å². The predicted molar refractivity (Wildman–Crippen MR) is 121 cm³/mol. The Morgan fingerprint density at radius 2 is 1.90 bits per heavy atom. The average Bonchev–Trinajstić information content (AvgIpc) is 3.37. The number of aryl methyl sites for hydroxylation is 2. The van der Waals surface area contributed by atoms with Crippen molar-refractivity contribution in [1.29, 1.82) is 0 Å². The SMILES string of the molecule is COc1ccc(OC)c(-c2csc(=Nc3cc(C)cc(C)c3)n2CC2CCCO2)c1. The van der Waals surface area contributed by atoms with Gasteiger partial charge in [-0.25, -0.2) is 4.99 Å². The molecule has 0 saturated carbocycles. The fraction of sp³-hybridized carbons (Fsp3) is 0.375. The van der Waals surface area contributed by atoms with Crippen molar-refractivity contribution in [3.63, 3.8) is 0 Å². The van der Waals surface area contributed by atoms with Crippen molar-refractivity contribution in [3.8, 4) is 22.8 Å². The van der Waals surface area contributed by atoms with Crippen LogP contribution in [0.3, 0.4) is 0 Å². The minimum atomic E-state index is 0.202. The third-order valence-corrected chi connectivity index (χ3v) is 6.19. The summed E-state index contributed by atoms with van der Waals surface area (Å²) in [5.41, 5.74) is 5.46. The summed E-state index contributed by atoms with van der Waals surface area (Å²) in [7, 11) is 3.38. The Morgan fingerprint density at radius 3 is 2.57 bits per heavy atom. The summed E-state index contributed by atoms with van der Waals surface area (Å²) in [4.78, 5) is 5.96. The number of hydrogen-bond donors (Lipinski definition) is 0. The van der Waals surface area contributed by atoms with Gasteiger partial charge in [0.25, 0.3) is 0 Å². The van der Waals surface area contributed by atoms with Crippen LogP contribution in [0.2, 0.25) is 0 Å². The number of thiazole rings is 1. The minimum Gasteiger partial charge on any atom is -0.497 e. The van der Waals surface area contributed by atoms with Crippen LogP contribution in [-0.2, 0) is 11.3 Å². The highest BCUT2D eigenvalue weighted by Crippen LogP contribution is 2.34. The lowest BCUT2D eigenvalue weighted by Crippen LogP contribution is -2.24. The van der Waals surface area contributed by atoms with Gasteiger partial charge < -0.3 is 18.8 Å². The maximum atomic E-state index is 5.95. The second-order valence-electron chi connectivity index (χ2n) is 7.67. The molecule has 5 nitrogen and oxygen atoms in total. The van der Waals surface area contributed by atoms with Crippen molar-refractivity contribution < 1.29 is 14.2 Å². The normalized spacial score (nSPS) is 16.8. The first kappa shape index (κ1) is 20.7. The van der Waals surface area contributed by atoms with Gasteiger partial charge in [0.1, 0.15) is 11.5 Å². The highest BCUT2D eigenvalue weighted by atomic mass is 32.1. The van der Waals surface area contributed by atoms with E-state index in [9.17, 15) is 0 Å². The summed E-state index contributed by atoms with van der Waals surface area (Å²) in [6.45, 7) is 5.81. The summed E-state index contributed by atoms with van der Waals surface area (Å²) in [5, 5.41) is 2.15. The molecule has 1 unspecified atom stereocenters. The Labute approximate surface area is 181 Å². The van der Waals surface area contributed by atoms with E-state index in [1.165, 1.54) is 11.1 Å². The molecule has 1 aliphatic heterocycles. The molecule has 0 bridgehead atoms. The van der Waals surface area contributed by atoms with Crippen LogP contribution >= 0.6 is 11.3 Å². The maximum absolute atomic E-state index is 5.95. The molecule has 3 aromatic rings. The first-order valence-corrected chi connectivity index (χ1v) is 11.1. The smallest absolute Gasteiger partial charge is 0.190 e. The molecule has 6 heteroatoms. The molecule has 1 atom stereocenters. The fourth-order valence-electron chi connectivity index (χ4n) is 3.94. The van der Waals surface area contributed by atoms with E-state index < -0.39 is 0 Å². The van der Waals surface area contributed by atoms with Gasteiger partial charge in [0.2, 0.25) is 0 Å². The first-order chi connectivity index (χ1) is 14.6. The fourth-order valence-corrected chi connectivity index (χ4v) is 4.87. The number of ether oxygens (including phenoxy) is 3. The van der Waals surface area contributed by atoms with Crippen molar-refractivity contribution in [2.24, 2.45) is 4.99 Å². The molecule has 1 fully saturated rings. The Morgan fingerprint density at radius 1 is 1.10 bits per heavy atom. The largest absolute Gasteiger partial charge is 0.497 e. The molecular weight excluding hydrogens is 396 g/mol. The molecule has 0 radical (unpaired) electrons. The molecule has 1 aliphatic rings. The highest BCUT2D eigenvalue weighted by Gasteiger charge is 2.20. The number of hydrogen-bond acceptors (Lipinski definition) is 5. The molecule has 0 N–H and O–H groups in total. The Kier molecular flexibility index (Phi) is 6.25. The molecule has 0 spiro atoms. The molecular formula is C24H28N2O3S. The number of nitrogens with zero attached hydrogens (tertiary/aromatic N) is 2. The van der Waals surface area contributed by atoms with E-state index >= 15 is 0 Å². The number of rotatable bonds is 6. The number of aromatic nitrogens is 1. The second-order valence-corrected chi connectivity index (χ2v) is 8.51. The van der Waals surface area contributed by atoms with Crippen molar-refractivity contribution in [3.05, 3.63) is 57.7 Å². The summed E-state index contributed by atoms with van der Waals surface area (Å²) in [6, 6.07) is 12.3. The standard InChI is InChI=1S/C24H28N2O3S/c1-16-10-17(2)12-18(11-16)25-24-26(14-20-6-5-9-29-20)22(15-30-24)21-13-19(27-3)7-8-23(21)28-4/h7-8,10-13,15,20H,5-6,9,14H2,1-4H3. The van der Waals surface area contributed by atoms with E-state index in [4.69, 9.17) is 19.2 Å². The van der Waals surface area contributed by atoms with Crippen molar-refractivity contribution in [1.82, 2.24) is 4.57 Å². The topological polar surface area (TPSA) is 45.0 Å². The van der Waals surface area contributed by atoms with E-state index in [2.05, 4.69) is 42.0 Å². The Hall–Kier alpha value is -2.57. The lowest BCUT2D eigenvalue weighted by atomic mass is 10.1. The van der Waals surface area contributed by atoms with E-state index in [0.717, 1.165) is 59.2 Å². The van der Waals surface area contributed by atoms with Gasteiger partial charge in [0.05, 0.1) is 38.2 Å². The molecule has 0 amide bonds. The van der Waals surface area contributed by atoms with E-state index in [0.29, 0.717) is 0 Å². The average molecular weight is 425 g/mol. The van der Waals surface area contributed by atoms with Gasteiger partial charge in [0, 0.05) is 17.6 Å². The molecule has 2 heterocycles. The van der Waals surface area contributed by atoms with Gasteiger partial charge >= 0.3 is 0 Å². The second kappa shape index (κ2) is 9.06. The third-order valence-electron chi connectivity index (χ3n) is 5.32. The zero-order chi connectivity index (χ0) is 21.1. The van der Waals surface area contributed by atoms with Crippen LogP contribution in [0.25, 0.3) is 11.3 Å². The lowest BCUT2D eigenvalue weighted by molar-refractivity contribution is 0.0968. The van der Waals surface area contributed by atoms with Crippen LogP contribution in [0, 0.1) is 13.8 Å². The van der Waals surface area contributed by atoms with Crippen LogP contribution < -0.4 is 14.3 Å².